The smallest absolute Gasteiger partial charge is 0.253 e. The van der Waals surface area contributed by atoms with Crippen molar-refractivity contribution in [1.82, 2.24) is 14.5 Å². The molecule has 2 heterocycles. The molecule has 0 unspecified atom stereocenters. The van der Waals surface area contributed by atoms with Gasteiger partial charge in [-0.3, -0.25) is 14.0 Å². The van der Waals surface area contributed by atoms with E-state index in [1.165, 1.54) is 0 Å². The van der Waals surface area contributed by atoms with Gasteiger partial charge in [-0.1, -0.05) is 0 Å². The van der Waals surface area contributed by atoms with Gasteiger partial charge in [-0.15, -0.1) is 0 Å². The van der Waals surface area contributed by atoms with Gasteiger partial charge >= 0.3 is 0 Å². The maximum absolute atomic E-state index is 11.4. The molecule has 2 N–H and O–H groups in total. The van der Waals surface area contributed by atoms with E-state index in [2.05, 4.69) is 5.32 Å². The summed E-state index contributed by atoms with van der Waals surface area (Å²) in [5, 5.41) is 9.61. The Morgan fingerprint density at radius 1 is 1.47 bits per heavy atom. The number of carbonyl (C=O) groups excluding carboxylic acids is 1. The number of aliphatic hydroxyl groups is 1. The number of hydrogen-bond acceptors (Lipinski definition) is 2. The van der Waals surface area contributed by atoms with Gasteiger partial charge in [0.25, 0.3) is 5.91 Å². The van der Waals surface area contributed by atoms with Crippen LogP contribution in [0.4, 0.5) is 0 Å². The SMILES string of the molecule is CNC(=O)c1cccn2c1cn2C.CO. The molecule has 82 valence electrons. The third kappa shape index (κ3) is 1.87. The summed E-state index contributed by atoms with van der Waals surface area (Å²) < 4.78 is 3.84. The first-order valence-electron chi connectivity index (χ1n) is 4.53. The Hall–Kier alpha value is -1.75. The molecule has 5 heteroatoms. The highest BCUT2D eigenvalue weighted by Gasteiger charge is 2.10. The van der Waals surface area contributed by atoms with Crippen LogP contribution in [-0.4, -0.2) is 34.4 Å². The number of nitrogens with zero attached hydrogens (tertiary/aromatic N) is 2. The topological polar surface area (TPSA) is 58.7 Å². The van der Waals surface area contributed by atoms with Crippen molar-refractivity contribution in [2.75, 3.05) is 14.2 Å². The molecule has 0 fully saturated rings. The van der Waals surface area contributed by atoms with E-state index in [1.54, 1.807) is 7.05 Å². The molecule has 0 aliphatic carbocycles. The summed E-state index contributed by atoms with van der Waals surface area (Å²) in [5.74, 6) is -0.0475. The number of aromatic nitrogens is 2. The fourth-order valence-corrected chi connectivity index (χ4v) is 1.42. The molecule has 0 aliphatic rings. The largest absolute Gasteiger partial charge is 0.400 e. The third-order valence-electron chi connectivity index (χ3n) is 2.13. The molecule has 0 saturated carbocycles. The molecule has 5 nitrogen and oxygen atoms in total. The van der Waals surface area contributed by atoms with E-state index in [1.807, 2.05) is 40.8 Å². The monoisotopic (exact) mass is 209 g/mol. The number of carbonyl (C=O) groups is 1. The van der Waals surface area contributed by atoms with Gasteiger partial charge in [0, 0.05) is 33.6 Å². The maximum atomic E-state index is 11.4. The summed E-state index contributed by atoms with van der Waals surface area (Å²) in [7, 11) is 4.56. The second-order valence-electron chi connectivity index (χ2n) is 2.93. The van der Waals surface area contributed by atoms with Crippen LogP contribution in [0.3, 0.4) is 0 Å². The Balaban J connectivity index is 0.000000531. The molecule has 2 aromatic rings. The highest BCUT2D eigenvalue weighted by atomic mass is 16.2. The van der Waals surface area contributed by atoms with Crippen molar-refractivity contribution in [2.45, 2.75) is 0 Å². The van der Waals surface area contributed by atoms with E-state index in [0.717, 1.165) is 12.6 Å². The molecule has 2 aromatic heterocycles. The van der Waals surface area contributed by atoms with Crippen molar-refractivity contribution in [3.63, 3.8) is 0 Å². The van der Waals surface area contributed by atoms with Gasteiger partial charge in [-0.2, -0.15) is 0 Å². The first kappa shape index (κ1) is 11.3. The minimum absolute atomic E-state index is 0.0475. The minimum atomic E-state index is -0.0475. The average molecular weight is 209 g/mol. The van der Waals surface area contributed by atoms with Crippen LogP contribution in [0, 0.1) is 0 Å². The Kier molecular flexibility index (Phi) is 3.51. The molecule has 0 aromatic carbocycles. The molecule has 0 radical (unpaired) electrons. The zero-order chi connectivity index (χ0) is 11.4. The Bertz CT molecular complexity index is 456. The zero-order valence-corrected chi connectivity index (χ0v) is 9.06. The van der Waals surface area contributed by atoms with Crippen LogP contribution in [0.15, 0.2) is 24.5 Å². The highest BCUT2D eigenvalue weighted by Crippen LogP contribution is 2.12. The van der Waals surface area contributed by atoms with E-state index in [-0.39, 0.29) is 5.91 Å². The second-order valence-corrected chi connectivity index (χ2v) is 2.93. The highest BCUT2D eigenvalue weighted by molar-refractivity contribution is 6.00. The van der Waals surface area contributed by atoms with Crippen molar-refractivity contribution >= 4 is 11.4 Å². The van der Waals surface area contributed by atoms with Gasteiger partial charge in [-0.05, 0) is 12.1 Å². The number of hydrogen-bond donors (Lipinski definition) is 2. The second kappa shape index (κ2) is 4.65. The van der Waals surface area contributed by atoms with Gasteiger partial charge in [0.05, 0.1) is 11.1 Å². The van der Waals surface area contributed by atoms with Crippen molar-refractivity contribution in [2.24, 2.45) is 7.05 Å². The number of rotatable bonds is 1. The van der Waals surface area contributed by atoms with Crippen LogP contribution >= 0.6 is 0 Å². The normalized spacial score (nSPS) is 9.60. The first-order valence-corrected chi connectivity index (χ1v) is 4.53. The predicted molar refractivity (Wildman–Crippen MR) is 57.9 cm³/mol. The number of pyridine rings is 1. The van der Waals surface area contributed by atoms with Crippen molar-refractivity contribution < 1.29 is 9.90 Å². The minimum Gasteiger partial charge on any atom is -0.400 e. The Morgan fingerprint density at radius 2 is 2.13 bits per heavy atom. The molecule has 0 aliphatic heterocycles. The number of fused-ring (bicyclic) bond motifs is 1. The third-order valence-corrected chi connectivity index (χ3v) is 2.13. The Labute approximate surface area is 87.9 Å². The quantitative estimate of drug-likeness (QED) is 0.707. The summed E-state index contributed by atoms with van der Waals surface area (Å²) >= 11 is 0. The number of amides is 1. The summed E-state index contributed by atoms with van der Waals surface area (Å²) in [6, 6.07) is 3.67. The molecular formula is C10H15N3O2. The van der Waals surface area contributed by atoms with Crippen LogP contribution in [0.1, 0.15) is 10.4 Å². The van der Waals surface area contributed by atoms with Gasteiger partial charge in [0.15, 0.2) is 0 Å². The molecular weight excluding hydrogens is 194 g/mol. The van der Waals surface area contributed by atoms with Crippen LogP contribution in [0.25, 0.3) is 5.52 Å². The standard InChI is InChI=1S/C9H11N3O.CH4O/c1-10-9(13)7-4-3-5-12-8(7)6-11(12)2;1-2/h3-6H,1-2H3,(H,10,13);2H,1H3. The summed E-state index contributed by atoms with van der Waals surface area (Å²) in [4.78, 5) is 11.4. The summed E-state index contributed by atoms with van der Waals surface area (Å²) in [6.07, 6.45) is 3.84. The van der Waals surface area contributed by atoms with Gasteiger partial charge in [-0.25, -0.2) is 0 Å². The zero-order valence-electron chi connectivity index (χ0n) is 9.06. The molecule has 0 spiro atoms. The summed E-state index contributed by atoms with van der Waals surface area (Å²) in [5.41, 5.74) is 1.66. The number of aryl methyl sites for hydroxylation is 1. The van der Waals surface area contributed by atoms with Crippen LogP contribution in [-0.2, 0) is 7.05 Å². The van der Waals surface area contributed by atoms with Gasteiger partial charge in [0.1, 0.15) is 0 Å². The van der Waals surface area contributed by atoms with Crippen LogP contribution < -0.4 is 5.32 Å². The lowest BCUT2D eigenvalue weighted by Gasteiger charge is -2.16. The fourth-order valence-electron chi connectivity index (χ4n) is 1.42. The molecule has 0 bridgehead atoms. The van der Waals surface area contributed by atoms with E-state index in [4.69, 9.17) is 5.11 Å². The first-order chi connectivity index (χ1) is 7.24. The van der Waals surface area contributed by atoms with Crippen LogP contribution in [0.5, 0.6) is 0 Å². The molecule has 0 atom stereocenters. The fraction of sp³-hybridized carbons (Fsp3) is 0.300. The number of aliphatic hydroxyl groups excluding tert-OH is 1. The van der Waals surface area contributed by atoms with Crippen molar-refractivity contribution in [3.05, 3.63) is 30.1 Å². The summed E-state index contributed by atoms with van der Waals surface area (Å²) in [6.45, 7) is 0. The molecule has 0 saturated heterocycles. The van der Waals surface area contributed by atoms with E-state index in [0.29, 0.717) is 5.56 Å². The Morgan fingerprint density at radius 3 is 2.67 bits per heavy atom. The van der Waals surface area contributed by atoms with Gasteiger partial charge in [0.2, 0.25) is 0 Å². The lowest BCUT2D eigenvalue weighted by atomic mass is 10.2. The van der Waals surface area contributed by atoms with E-state index in [9.17, 15) is 4.79 Å². The van der Waals surface area contributed by atoms with Gasteiger partial charge < -0.3 is 10.4 Å². The van der Waals surface area contributed by atoms with Crippen molar-refractivity contribution in [3.8, 4) is 0 Å². The van der Waals surface area contributed by atoms with E-state index >= 15 is 0 Å². The molecule has 15 heavy (non-hydrogen) atoms. The molecule has 1 amide bonds. The maximum Gasteiger partial charge on any atom is 0.253 e. The predicted octanol–water partition coefficient (Wildman–Crippen LogP) is 0.246. The average Bonchev–Trinajstić information content (AvgIpc) is 2.29. The van der Waals surface area contributed by atoms with Crippen LogP contribution in [0.2, 0.25) is 0 Å². The number of nitrogens with one attached hydrogen (secondary N) is 1. The lowest BCUT2D eigenvalue weighted by molar-refractivity contribution is 0.0964. The molecule has 2 rings (SSSR count). The van der Waals surface area contributed by atoms with Crippen molar-refractivity contribution in [1.29, 1.82) is 0 Å². The van der Waals surface area contributed by atoms with E-state index < -0.39 is 0 Å². The lowest BCUT2D eigenvalue weighted by Crippen LogP contribution is -2.22.